The van der Waals surface area contributed by atoms with Crippen LogP contribution in [-0.2, 0) is 15.7 Å². The van der Waals surface area contributed by atoms with Gasteiger partial charge in [0.15, 0.2) is 11.5 Å². The molecule has 4 nitrogen and oxygen atoms in total. The number of methoxy groups -OCH3 is 1. The second-order valence-electron chi connectivity index (χ2n) is 3.08. The van der Waals surface area contributed by atoms with Crippen LogP contribution < -0.4 is 9.26 Å². The molecule has 0 radical (unpaired) electrons. The number of hydrogen-bond acceptors (Lipinski definition) is 4. The van der Waals surface area contributed by atoms with Crippen molar-refractivity contribution in [2.24, 2.45) is 0 Å². The largest absolute Gasteiger partial charge is 0.493 e. The molecule has 0 saturated carbocycles. The number of para-hydroxylation sites is 1. The van der Waals surface area contributed by atoms with Crippen molar-refractivity contribution < 1.29 is 18.3 Å². The molecule has 1 aromatic rings. The SMILES string of the molecule is COc1cccc2c1OP(C)(=O)OC2. The summed E-state index contributed by atoms with van der Waals surface area (Å²) in [6.45, 7) is 1.75. The van der Waals surface area contributed by atoms with E-state index in [-0.39, 0.29) is 0 Å². The van der Waals surface area contributed by atoms with Gasteiger partial charge in [-0.3, -0.25) is 4.52 Å². The van der Waals surface area contributed by atoms with E-state index in [1.54, 1.807) is 13.2 Å². The lowest BCUT2D eigenvalue weighted by Gasteiger charge is -2.24. The minimum absolute atomic E-state index is 0.306. The minimum atomic E-state index is -2.94. The van der Waals surface area contributed by atoms with E-state index in [0.29, 0.717) is 18.1 Å². The zero-order valence-electron chi connectivity index (χ0n) is 8.02. The Bertz CT molecular complexity index is 388. The highest BCUT2D eigenvalue weighted by molar-refractivity contribution is 7.53. The first-order chi connectivity index (χ1) is 6.62. The van der Waals surface area contributed by atoms with Crippen molar-refractivity contribution in [3.63, 3.8) is 0 Å². The van der Waals surface area contributed by atoms with E-state index in [4.69, 9.17) is 13.8 Å². The summed E-state index contributed by atoms with van der Waals surface area (Å²) in [5.41, 5.74) is 0.859. The molecule has 1 heterocycles. The van der Waals surface area contributed by atoms with Gasteiger partial charge >= 0.3 is 7.60 Å². The molecule has 0 N–H and O–H groups in total. The zero-order chi connectivity index (χ0) is 10.2. The predicted molar refractivity (Wildman–Crippen MR) is 51.9 cm³/mol. The van der Waals surface area contributed by atoms with Crippen LogP contribution in [0.2, 0.25) is 0 Å². The van der Waals surface area contributed by atoms with Crippen molar-refractivity contribution in [3.8, 4) is 11.5 Å². The fourth-order valence-electron chi connectivity index (χ4n) is 1.32. The second-order valence-corrected chi connectivity index (χ2v) is 5.07. The highest BCUT2D eigenvalue weighted by Crippen LogP contribution is 2.53. The van der Waals surface area contributed by atoms with E-state index in [1.807, 2.05) is 12.1 Å². The van der Waals surface area contributed by atoms with Crippen LogP contribution in [0.15, 0.2) is 18.2 Å². The lowest BCUT2D eigenvalue weighted by molar-refractivity contribution is 0.231. The first kappa shape index (κ1) is 9.56. The zero-order valence-corrected chi connectivity index (χ0v) is 8.91. The Morgan fingerprint density at radius 1 is 1.50 bits per heavy atom. The van der Waals surface area contributed by atoms with Gasteiger partial charge in [0.25, 0.3) is 0 Å². The maximum atomic E-state index is 11.6. The molecule has 1 atom stereocenters. The van der Waals surface area contributed by atoms with Crippen LogP contribution in [0.3, 0.4) is 0 Å². The van der Waals surface area contributed by atoms with Gasteiger partial charge in [0.1, 0.15) is 0 Å². The molecule has 0 spiro atoms. The van der Waals surface area contributed by atoms with Crippen LogP contribution in [0.5, 0.6) is 11.5 Å². The van der Waals surface area contributed by atoms with E-state index < -0.39 is 7.60 Å². The van der Waals surface area contributed by atoms with E-state index in [1.165, 1.54) is 6.66 Å². The third-order valence-corrected chi connectivity index (χ3v) is 3.10. The molecule has 0 aromatic heterocycles. The van der Waals surface area contributed by atoms with Gasteiger partial charge in [-0.25, -0.2) is 4.57 Å². The van der Waals surface area contributed by atoms with Gasteiger partial charge in [0.2, 0.25) is 0 Å². The highest BCUT2D eigenvalue weighted by Gasteiger charge is 2.28. The summed E-state index contributed by atoms with van der Waals surface area (Å²) < 4.78 is 27.0. The molecule has 0 amide bonds. The average Bonchev–Trinajstić information content (AvgIpc) is 2.15. The van der Waals surface area contributed by atoms with E-state index >= 15 is 0 Å². The average molecular weight is 214 g/mol. The van der Waals surface area contributed by atoms with Crippen LogP contribution in [0.25, 0.3) is 0 Å². The van der Waals surface area contributed by atoms with Crippen molar-refractivity contribution in [1.82, 2.24) is 0 Å². The standard InChI is InChI=1S/C9H11O4P/c1-11-8-5-3-4-7-6-12-14(2,10)13-9(7)8/h3-5H,6H2,1-2H3. The van der Waals surface area contributed by atoms with Crippen molar-refractivity contribution >= 4 is 7.60 Å². The molecule has 2 rings (SSSR count). The Morgan fingerprint density at radius 2 is 2.29 bits per heavy atom. The van der Waals surface area contributed by atoms with Gasteiger partial charge in [-0.2, -0.15) is 0 Å². The molecule has 0 bridgehead atoms. The molecule has 1 unspecified atom stereocenters. The van der Waals surface area contributed by atoms with E-state index in [2.05, 4.69) is 0 Å². The van der Waals surface area contributed by atoms with Gasteiger partial charge < -0.3 is 9.26 Å². The second kappa shape index (κ2) is 3.30. The molecule has 14 heavy (non-hydrogen) atoms. The summed E-state index contributed by atoms with van der Waals surface area (Å²) in [6.07, 6.45) is 0. The Hall–Kier alpha value is -0.990. The quantitative estimate of drug-likeness (QED) is 0.673. The van der Waals surface area contributed by atoms with Crippen molar-refractivity contribution in [1.29, 1.82) is 0 Å². The molecule has 1 aromatic carbocycles. The molecule has 5 heteroatoms. The number of ether oxygens (including phenoxy) is 1. The molecule has 0 saturated heterocycles. The van der Waals surface area contributed by atoms with Gasteiger partial charge in [-0.15, -0.1) is 0 Å². The highest BCUT2D eigenvalue weighted by atomic mass is 31.2. The van der Waals surface area contributed by atoms with E-state index in [9.17, 15) is 4.57 Å². The summed E-state index contributed by atoms with van der Waals surface area (Å²) in [7, 11) is -1.39. The Kier molecular flexibility index (Phi) is 2.25. The van der Waals surface area contributed by atoms with Crippen LogP contribution >= 0.6 is 7.60 Å². The summed E-state index contributed by atoms with van der Waals surface area (Å²) >= 11 is 0. The van der Waals surface area contributed by atoms with Crippen LogP contribution in [-0.4, -0.2) is 13.8 Å². The van der Waals surface area contributed by atoms with Crippen molar-refractivity contribution in [2.45, 2.75) is 6.61 Å². The number of fused-ring (bicyclic) bond motifs is 1. The fourth-order valence-corrected chi connectivity index (χ4v) is 2.28. The number of hydrogen-bond donors (Lipinski definition) is 0. The lowest BCUT2D eigenvalue weighted by atomic mass is 10.2. The van der Waals surface area contributed by atoms with Gasteiger partial charge in [0, 0.05) is 12.2 Å². The van der Waals surface area contributed by atoms with Gasteiger partial charge in [0.05, 0.1) is 13.7 Å². The summed E-state index contributed by atoms with van der Waals surface area (Å²) in [4.78, 5) is 0. The summed E-state index contributed by atoms with van der Waals surface area (Å²) in [6, 6.07) is 5.47. The first-order valence-corrected chi connectivity index (χ1v) is 6.19. The molecule has 1 aliphatic rings. The van der Waals surface area contributed by atoms with Crippen molar-refractivity contribution in [3.05, 3.63) is 23.8 Å². The normalized spacial score (nSPS) is 25.0. The third kappa shape index (κ3) is 1.63. The molecule has 0 fully saturated rings. The molecule has 0 aliphatic carbocycles. The smallest absolute Gasteiger partial charge is 0.376 e. The lowest BCUT2D eigenvalue weighted by Crippen LogP contribution is -2.07. The maximum absolute atomic E-state index is 11.6. The molecule has 1 aliphatic heterocycles. The number of rotatable bonds is 1. The van der Waals surface area contributed by atoms with Gasteiger partial charge in [-0.1, -0.05) is 12.1 Å². The third-order valence-electron chi connectivity index (χ3n) is 1.99. The number of benzene rings is 1. The molecular formula is C9H11O4P. The summed E-state index contributed by atoms with van der Waals surface area (Å²) in [5, 5.41) is 0. The van der Waals surface area contributed by atoms with Crippen LogP contribution in [0.4, 0.5) is 0 Å². The van der Waals surface area contributed by atoms with Crippen molar-refractivity contribution in [2.75, 3.05) is 13.8 Å². The van der Waals surface area contributed by atoms with Gasteiger partial charge in [-0.05, 0) is 6.07 Å². The van der Waals surface area contributed by atoms with Crippen LogP contribution in [0.1, 0.15) is 5.56 Å². The van der Waals surface area contributed by atoms with E-state index in [0.717, 1.165) is 5.56 Å². The predicted octanol–water partition coefficient (Wildman–Crippen LogP) is 2.43. The first-order valence-electron chi connectivity index (χ1n) is 4.20. The maximum Gasteiger partial charge on any atom is 0.376 e. The topological polar surface area (TPSA) is 44.8 Å². The Labute approximate surface area is 82.3 Å². The Balaban J connectivity index is 2.48. The fraction of sp³-hybridized carbons (Fsp3) is 0.333. The minimum Gasteiger partial charge on any atom is -0.493 e. The summed E-state index contributed by atoms with van der Waals surface area (Å²) in [5.74, 6) is 1.12. The Morgan fingerprint density at radius 3 is 3.00 bits per heavy atom. The molecule has 76 valence electrons. The molecular weight excluding hydrogens is 203 g/mol. The monoisotopic (exact) mass is 214 g/mol. The van der Waals surface area contributed by atoms with Crippen LogP contribution in [0, 0.1) is 0 Å².